The van der Waals surface area contributed by atoms with Crippen LogP contribution in [0.2, 0.25) is 0 Å². The summed E-state index contributed by atoms with van der Waals surface area (Å²) in [6.07, 6.45) is 3.64. The molecular weight excluding hydrogens is 308 g/mol. The average Bonchev–Trinajstić information content (AvgIpc) is 3.35. The minimum absolute atomic E-state index is 0.0272. The predicted octanol–water partition coefficient (Wildman–Crippen LogP) is 2.01. The van der Waals surface area contributed by atoms with Crippen LogP contribution in [0.15, 0.2) is 18.3 Å². The number of β-amino-alcohol motifs (C(OH)–C–C–N with tert-alkyl or cyclic N) is 1. The lowest BCUT2D eigenvalue weighted by Crippen LogP contribution is -2.42. The van der Waals surface area contributed by atoms with Crippen LogP contribution < -0.4 is 14.8 Å². The molecular formula is C18H30N2O4. The molecule has 0 spiro atoms. The van der Waals surface area contributed by atoms with Gasteiger partial charge in [0.25, 0.3) is 0 Å². The van der Waals surface area contributed by atoms with Gasteiger partial charge in [0.1, 0.15) is 25.1 Å². The van der Waals surface area contributed by atoms with Crippen molar-refractivity contribution in [2.45, 2.75) is 45.3 Å². The predicted molar refractivity (Wildman–Crippen MR) is 92.5 cm³/mol. The van der Waals surface area contributed by atoms with E-state index in [0.717, 1.165) is 12.5 Å². The van der Waals surface area contributed by atoms with Gasteiger partial charge in [-0.3, -0.25) is 0 Å². The highest BCUT2D eigenvalue weighted by Crippen LogP contribution is 2.28. The van der Waals surface area contributed by atoms with E-state index in [4.69, 9.17) is 14.2 Å². The van der Waals surface area contributed by atoms with Gasteiger partial charge in [0.2, 0.25) is 5.88 Å². The third-order valence-corrected chi connectivity index (χ3v) is 3.55. The fourth-order valence-corrected chi connectivity index (χ4v) is 1.95. The van der Waals surface area contributed by atoms with Gasteiger partial charge in [0, 0.05) is 24.8 Å². The number of aliphatic hydroxyl groups is 1. The van der Waals surface area contributed by atoms with Gasteiger partial charge in [-0.2, -0.15) is 0 Å². The van der Waals surface area contributed by atoms with Crippen molar-refractivity contribution in [3.63, 3.8) is 0 Å². The van der Waals surface area contributed by atoms with E-state index < -0.39 is 6.10 Å². The van der Waals surface area contributed by atoms with Crippen molar-refractivity contribution < 1.29 is 19.3 Å². The van der Waals surface area contributed by atoms with E-state index in [1.165, 1.54) is 12.8 Å². The molecule has 1 saturated carbocycles. The molecule has 0 bridgehead atoms. The van der Waals surface area contributed by atoms with Crippen LogP contribution in [0.5, 0.6) is 11.6 Å². The topological polar surface area (TPSA) is 72.8 Å². The third-order valence-electron chi connectivity index (χ3n) is 3.55. The highest BCUT2D eigenvalue weighted by molar-refractivity contribution is 5.22. The molecule has 0 saturated heterocycles. The highest BCUT2D eigenvalue weighted by Gasteiger charge is 2.20. The lowest BCUT2D eigenvalue weighted by Gasteiger charge is -2.22. The Morgan fingerprint density at radius 1 is 1.25 bits per heavy atom. The van der Waals surface area contributed by atoms with E-state index in [-0.39, 0.29) is 12.1 Å². The van der Waals surface area contributed by atoms with Gasteiger partial charge < -0.3 is 24.6 Å². The average molecular weight is 338 g/mol. The molecule has 1 unspecified atom stereocenters. The van der Waals surface area contributed by atoms with Crippen molar-refractivity contribution in [2.75, 3.05) is 33.0 Å². The normalized spacial score (nSPS) is 16.0. The van der Waals surface area contributed by atoms with Gasteiger partial charge in [-0.25, -0.2) is 4.98 Å². The van der Waals surface area contributed by atoms with Crippen molar-refractivity contribution in [1.82, 2.24) is 10.3 Å². The number of rotatable bonds is 11. The van der Waals surface area contributed by atoms with Crippen LogP contribution in [0, 0.1) is 5.92 Å². The van der Waals surface area contributed by atoms with Crippen LogP contribution in [-0.4, -0.2) is 54.7 Å². The van der Waals surface area contributed by atoms with Crippen molar-refractivity contribution >= 4 is 0 Å². The molecule has 2 rings (SSSR count). The molecule has 1 aliphatic carbocycles. The maximum Gasteiger partial charge on any atom is 0.213 e. The molecule has 0 amide bonds. The lowest BCUT2D eigenvalue weighted by molar-refractivity contribution is 0.0919. The number of hydrogen-bond donors (Lipinski definition) is 2. The maximum atomic E-state index is 9.88. The van der Waals surface area contributed by atoms with E-state index in [1.54, 1.807) is 12.3 Å². The first-order valence-corrected chi connectivity index (χ1v) is 8.65. The highest BCUT2D eigenvalue weighted by atomic mass is 16.5. The first-order valence-electron chi connectivity index (χ1n) is 8.65. The van der Waals surface area contributed by atoms with Crippen molar-refractivity contribution in [3.8, 4) is 11.6 Å². The Bertz CT molecular complexity index is 469. The third kappa shape index (κ3) is 8.47. The summed E-state index contributed by atoms with van der Waals surface area (Å²) >= 11 is 0. The van der Waals surface area contributed by atoms with Gasteiger partial charge in [0.15, 0.2) is 0 Å². The smallest absolute Gasteiger partial charge is 0.213 e. The van der Waals surface area contributed by atoms with Crippen molar-refractivity contribution in [3.05, 3.63) is 18.3 Å². The summed E-state index contributed by atoms with van der Waals surface area (Å²) in [5.74, 6) is 1.94. The molecule has 6 heteroatoms. The van der Waals surface area contributed by atoms with Gasteiger partial charge in [0.05, 0.1) is 12.8 Å². The maximum absolute atomic E-state index is 9.88. The van der Waals surface area contributed by atoms with Crippen molar-refractivity contribution in [2.24, 2.45) is 5.92 Å². The molecule has 0 radical (unpaired) electrons. The van der Waals surface area contributed by atoms with Gasteiger partial charge in [-0.1, -0.05) is 0 Å². The summed E-state index contributed by atoms with van der Waals surface area (Å²) in [6, 6.07) is 3.55. The molecule has 2 N–H and O–H groups in total. The summed E-state index contributed by atoms with van der Waals surface area (Å²) in [6.45, 7) is 8.80. The molecule has 1 fully saturated rings. The molecule has 1 aliphatic rings. The Morgan fingerprint density at radius 2 is 2.04 bits per heavy atom. The molecule has 1 atom stereocenters. The molecule has 1 aromatic rings. The SMILES string of the molecule is CC(C)(C)NCC(O)COc1ccc(OCCOCC2CC2)cn1. The summed E-state index contributed by atoms with van der Waals surface area (Å²) in [5, 5.41) is 13.1. The quantitative estimate of drug-likeness (QED) is 0.602. The number of hydrogen-bond acceptors (Lipinski definition) is 6. The van der Waals surface area contributed by atoms with Gasteiger partial charge in [-0.15, -0.1) is 0 Å². The van der Waals surface area contributed by atoms with Crippen LogP contribution in [-0.2, 0) is 4.74 Å². The zero-order chi connectivity index (χ0) is 17.4. The fraction of sp³-hybridized carbons (Fsp3) is 0.722. The number of nitrogens with zero attached hydrogens (tertiary/aromatic N) is 1. The van der Waals surface area contributed by atoms with Crippen LogP contribution in [0.25, 0.3) is 0 Å². The van der Waals surface area contributed by atoms with Crippen LogP contribution in [0.1, 0.15) is 33.6 Å². The Labute approximate surface area is 144 Å². The minimum atomic E-state index is -0.578. The number of ether oxygens (including phenoxy) is 3. The molecule has 24 heavy (non-hydrogen) atoms. The van der Waals surface area contributed by atoms with E-state index in [2.05, 4.69) is 31.1 Å². The first kappa shape index (κ1) is 19.0. The summed E-state index contributed by atoms with van der Waals surface area (Å²) in [4.78, 5) is 4.18. The second kappa shape index (κ2) is 9.20. The minimum Gasteiger partial charge on any atom is -0.490 e. The monoisotopic (exact) mass is 338 g/mol. The zero-order valence-corrected chi connectivity index (χ0v) is 15.0. The van der Waals surface area contributed by atoms with Crippen LogP contribution >= 0.6 is 0 Å². The standard InChI is InChI=1S/C18H30N2O4/c1-18(2,3)20-10-15(21)13-24-17-7-6-16(11-19-17)23-9-8-22-12-14-4-5-14/h6-7,11,14-15,20-21H,4-5,8-10,12-13H2,1-3H3. The molecule has 6 nitrogen and oxygen atoms in total. The Morgan fingerprint density at radius 3 is 2.67 bits per heavy atom. The molecule has 0 aromatic carbocycles. The Hall–Kier alpha value is -1.37. The molecule has 136 valence electrons. The summed E-state index contributed by atoms with van der Waals surface area (Å²) < 4.78 is 16.6. The van der Waals surface area contributed by atoms with E-state index in [9.17, 15) is 5.11 Å². The zero-order valence-electron chi connectivity index (χ0n) is 15.0. The molecule has 0 aliphatic heterocycles. The van der Waals surface area contributed by atoms with Gasteiger partial charge >= 0.3 is 0 Å². The molecule has 1 heterocycles. The summed E-state index contributed by atoms with van der Waals surface area (Å²) in [7, 11) is 0. The van der Waals surface area contributed by atoms with Crippen LogP contribution in [0.3, 0.4) is 0 Å². The number of pyridine rings is 1. The van der Waals surface area contributed by atoms with Crippen LogP contribution in [0.4, 0.5) is 0 Å². The second-order valence-corrected chi connectivity index (χ2v) is 7.29. The van der Waals surface area contributed by atoms with Crippen molar-refractivity contribution in [1.29, 1.82) is 0 Å². The number of aromatic nitrogens is 1. The lowest BCUT2D eigenvalue weighted by atomic mass is 10.1. The summed E-state index contributed by atoms with van der Waals surface area (Å²) in [5.41, 5.74) is -0.0272. The van der Waals surface area contributed by atoms with Gasteiger partial charge in [-0.05, 0) is 45.6 Å². The first-order chi connectivity index (χ1) is 11.4. The fourth-order valence-electron chi connectivity index (χ4n) is 1.95. The largest absolute Gasteiger partial charge is 0.490 e. The Balaban J connectivity index is 1.58. The second-order valence-electron chi connectivity index (χ2n) is 7.29. The van der Waals surface area contributed by atoms with E-state index >= 15 is 0 Å². The van der Waals surface area contributed by atoms with E-state index in [1.807, 2.05) is 6.07 Å². The molecule has 1 aromatic heterocycles. The Kier molecular flexibility index (Phi) is 7.27. The van der Waals surface area contributed by atoms with E-state index in [0.29, 0.717) is 31.4 Å². The number of aliphatic hydroxyl groups excluding tert-OH is 1. The number of nitrogens with one attached hydrogen (secondary N) is 1.